The van der Waals surface area contributed by atoms with Crippen LogP contribution in [-0.4, -0.2) is 26.9 Å². The summed E-state index contributed by atoms with van der Waals surface area (Å²) in [5.74, 6) is 0.0941. The molecule has 1 saturated carbocycles. The Morgan fingerprint density at radius 3 is 2.62 bits per heavy atom. The van der Waals surface area contributed by atoms with Gasteiger partial charge in [0.2, 0.25) is 15.9 Å². The summed E-state index contributed by atoms with van der Waals surface area (Å²) in [5.41, 5.74) is 6.74. The first-order valence-electron chi connectivity index (χ1n) is 6.94. The molecule has 0 spiro atoms. The Morgan fingerprint density at radius 1 is 1.43 bits per heavy atom. The second-order valence-corrected chi connectivity index (χ2v) is 7.14. The molecule has 7 heteroatoms. The molecular weight excluding hydrogens is 290 g/mol. The molecule has 116 valence electrons. The van der Waals surface area contributed by atoms with Crippen molar-refractivity contribution in [1.29, 1.82) is 0 Å². The van der Waals surface area contributed by atoms with Crippen molar-refractivity contribution >= 4 is 21.6 Å². The lowest BCUT2D eigenvalue weighted by molar-refractivity contribution is -0.114. The Hall–Kier alpha value is -1.44. The van der Waals surface area contributed by atoms with Crippen molar-refractivity contribution in [3.63, 3.8) is 0 Å². The van der Waals surface area contributed by atoms with Gasteiger partial charge in [0.05, 0.1) is 4.90 Å². The number of rotatable bonds is 6. The third-order valence-corrected chi connectivity index (χ3v) is 5.18. The van der Waals surface area contributed by atoms with E-state index in [1.807, 2.05) is 0 Å². The molecule has 1 aliphatic carbocycles. The van der Waals surface area contributed by atoms with E-state index < -0.39 is 10.0 Å². The standard InChI is InChI=1S/C14H21N3O3S/c1-9-3-6-12(16-10(2)18)7-14(9)21(19,20)17-13(8-15)11-4-5-11/h3,6-7,11,13,17H,4-5,8,15H2,1-2H3,(H,16,18). The van der Waals surface area contributed by atoms with Gasteiger partial charge in [-0.25, -0.2) is 13.1 Å². The highest BCUT2D eigenvalue weighted by Gasteiger charge is 2.33. The second-order valence-electron chi connectivity index (χ2n) is 5.46. The maximum absolute atomic E-state index is 12.5. The molecule has 0 aromatic heterocycles. The summed E-state index contributed by atoms with van der Waals surface area (Å²) in [6, 6.07) is 4.60. The van der Waals surface area contributed by atoms with Crippen molar-refractivity contribution in [1.82, 2.24) is 4.72 Å². The zero-order valence-electron chi connectivity index (χ0n) is 12.2. The maximum Gasteiger partial charge on any atom is 0.241 e. The molecule has 4 N–H and O–H groups in total. The Labute approximate surface area is 125 Å². The molecule has 0 radical (unpaired) electrons. The summed E-state index contributed by atoms with van der Waals surface area (Å²) in [6.45, 7) is 3.39. The molecule has 6 nitrogen and oxygen atoms in total. The van der Waals surface area contributed by atoms with Crippen LogP contribution in [0.4, 0.5) is 5.69 Å². The van der Waals surface area contributed by atoms with Crippen LogP contribution in [0.25, 0.3) is 0 Å². The molecule has 0 heterocycles. The van der Waals surface area contributed by atoms with E-state index in [2.05, 4.69) is 10.0 Å². The molecule has 21 heavy (non-hydrogen) atoms. The number of hydrogen-bond donors (Lipinski definition) is 3. The number of hydrogen-bond acceptors (Lipinski definition) is 4. The lowest BCUT2D eigenvalue weighted by Gasteiger charge is -2.18. The molecule has 1 aliphatic rings. The van der Waals surface area contributed by atoms with Crippen molar-refractivity contribution in [2.45, 2.75) is 37.6 Å². The summed E-state index contributed by atoms with van der Waals surface area (Å²) in [6.07, 6.45) is 2.02. The number of benzene rings is 1. The number of nitrogens with two attached hydrogens (primary N) is 1. The van der Waals surface area contributed by atoms with E-state index in [1.165, 1.54) is 13.0 Å². The van der Waals surface area contributed by atoms with Crippen molar-refractivity contribution < 1.29 is 13.2 Å². The van der Waals surface area contributed by atoms with Gasteiger partial charge in [0.25, 0.3) is 0 Å². The largest absolute Gasteiger partial charge is 0.329 e. The van der Waals surface area contributed by atoms with E-state index in [9.17, 15) is 13.2 Å². The van der Waals surface area contributed by atoms with Crippen LogP contribution < -0.4 is 15.8 Å². The summed E-state index contributed by atoms with van der Waals surface area (Å²) in [5, 5.41) is 2.59. The summed E-state index contributed by atoms with van der Waals surface area (Å²) >= 11 is 0. The minimum atomic E-state index is -3.65. The summed E-state index contributed by atoms with van der Waals surface area (Å²) in [4.78, 5) is 11.3. The van der Waals surface area contributed by atoms with Gasteiger partial charge in [-0.15, -0.1) is 0 Å². The first kappa shape index (κ1) is 15.9. The molecular formula is C14H21N3O3S. The van der Waals surface area contributed by atoms with Gasteiger partial charge in [-0.1, -0.05) is 6.07 Å². The number of nitrogens with one attached hydrogen (secondary N) is 2. The van der Waals surface area contributed by atoms with Gasteiger partial charge in [0.15, 0.2) is 0 Å². The maximum atomic E-state index is 12.5. The minimum absolute atomic E-state index is 0.174. The normalized spacial score (nSPS) is 16.5. The molecule has 0 aliphatic heterocycles. The Bertz CT molecular complexity index is 639. The van der Waals surface area contributed by atoms with Crippen LogP contribution in [-0.2, 0) is 14.8 Å². The average Bonchev–Trinajstić information content (AvgIpc) is 3.22. The van der Waals surface area contributed by atoms with Gasteiger partial charge in [-0.05, 0) is 43.4 Å². The van der Waals surface area contributed by atoms with Crippen molar-refractivity contribution in [3.8, 4) is 0 Å². The summed E-state index contributed by atoms with van der Waals surface area (Å²) < 4.78 is 27.7. The highest BCUT2D eigenvalue weighted by atomic mass is 32.2. The van der Waals surface area contributed by atoms with Crippen LogP contribution in [0.2, 0.25) is 0 Å². The van der Waals surface area contributed by atoms with Gasteiger partial charge >= 0.3 is 0 Å². The van der Waals surface area contributed by atoms with Gasteiger partial charge in [0.1, 0.15) is 0 Å². The van der Waals surface area contributed by atoms with Crippen molar-refractivity contribution in [2.24, 2.45) is 11.7 Å². The number of carbonyl (C=O) groups excluding carboxylic acids is 1. The first-order valence-corrected chi connectivity index (χ1v) is 8.42. The van der Waals surface area contributed by atoms with Gasteiger partial charge in [-0.2, -0.15) is 0 Å². The van der Waals surface area contributed by atoms with E-state index in [0.717, 1.165) is 12.8 Å². The number of sulfonamides is 1. The van der Waals surface area contributed by atoms with Crippen LogP contribution in [0, 0.1) is 12.8 Å². The fraction of sp³-hybridized carbons (Fsp3) is 0.500. The third-order valence-electron chi connectivity index (χ3n) is 3.55. The number of aryl methyl sites for hydroxylation is 1. The SMILES string of the molecule is CC(=O)Nc1ccc(C)c(S(=O)(=O)NC(CN)C2CC2)c1. The Kier molecular flexibility index (Phi) is 4.65. The fourth-order valence-corrected chi connectivity index (χ4v) is 3.86. The molecule has 0 bridgehead atoms. The number of carbonyl (C=O) groups is 1. The van der Waals surface area contributed by atoms with Crippen LogP contribution in [0.5, 0.6) is 0 Å². The van der Waals surface area contributed by atoms with E-state index in [4.69, 9.17) is 5.73 Å². The quantitative estimate of drug-likeness (QED) is 0.728. The summed E-state index contributed by atoms with van der Waals surface area (Å²) in [7, 11) is -3.65. The van der Waals surface area contributed by atoms with Gasteiger partial charge in [0, 0.05) is 25.2 Å². The molecule has 0 saturated heterocycles. The zero-order valence-corrected chi connectivity index (χ0v) is 13.0. The van der Waals surface area contributed by atoms with Crippen LogP contribution >= 0.6 is 0 Å². The molecule has 1 unspecified atom stereocenters. The highest BCUT2D eigenvalue weighted by Crippen LogP contribution is 2.33. The number of anilines is 1. The minimum Gasteiger partial charge on any atom is -0.329 e. The Balaban J connectivity index is 2.27. The van der Waals surface area contributed by atoms with Crippen LogP contribution in [0.15, 0.2) is 23.1 Å². The average molecular weight is 311 g/mol. The van der Waals surface area contributed by atoms with E-state index >= 15 is 0 Å². The fourth-order valence-electron chi connectivity index (χ4n) is 2.27. The highest BCUT2D eigenvalue weighted by molar-refractivity contribution is 7.89. The van der Waals surface area contributed by atoms with Crippen molar-refractivity contribution in [2.75, 3.05) is 11.9 Å². The predicted molar refractivity (Wildman–Crippen MR) is 81.4 cm³/mol. The Morgan fingerprint density at radius 2 is 2.10 bits per heavy atom. The van der Waals surface area contributed by atoms with Gasteiger partial charge < -0.3 is 11.1 Å². The zero-order chi connectivity index (χ0) is 15.6. The molecule has 1 aromatic carbocycles. The van der Waals surface area contributed by atoms with Crippen LogP contribution in [0.3, 0.4) is 0 Å². The van der Waals surface area contributed by atoms with E-state index in [1.54, 1.807) is 19.1 Å². The molecule has 1 aromatic rings. The predicted octanol–water partition coefficient (Wildman–Crippen LogP) is 0.969. The second kappa shape index (κ2) is 6.13. The third kappa shape index (κ3) is 4.03. The van der Waals surface area contributed by atoms with Crippen LogP contribution in [0.1, 0.15) is 25.3 Å². The smallest absolute Gasteiger partial charge is 0.241 e. The number of amides is 1. The lowest BCUT2D eigenvalue weighted by atomic mass is 10.2. The molecule has 1 fully saturated rings. The van der Waals surface area contributed by atoms with E-state index in [0.29, 0.717) is 17.2 Å². The molecule has 2 rings (SSSR count). The van der Waals surface area contributed by atoms with Gasteiger partial charge in [-0.3, -0.25) is 4.79 Å². The van der Waals surface area contributed by atoms with E-state index in [-0.39, 0.29) is 23.4 Å². The molecule has 1 amide bonds. The monoisotopic (exact) mass is 311 g/mol. The first-order chi connectivity index (χ1) is 9.83. The molecule has 1 atom stereocenters. The van der Waals surface area contributed by atoms with Crippen molar-refractivity contribution in [3.05, 3.63) is 23.8 Å². The lowest BCUT2D eigenvalue weighted by Crippen LogP contribution is -2.41. The topological polar surface area (TPSA) is 101 Å².